The molecule has 0 unspecified atom stereocenters. The lowest BCUT2D eigenvalue weighted by molar-refractivity contribution is -0.147. The van der Waals surface area contributed by atoms with E-state index in [-0.39, 0.29) is 24.3 Å². The normalized spacial score (nSPS) is 13.8. The number of ether oxygens (including phenoxy) is 2. The number of nitrogens with zero attached hydrogens (tertiary/aromatic N) is 1. The van der Waals surface area contributed by atoms with Crippen LogP contribution in [0.1, 0.15) is 42.5 Å². The van der Waals surface area contributed by atoms with Crippen LogP contribution in [0.5, 0.6) is 5.75 Å². The summed E-state index contributed by atoms with van der Waals surface area (Å²) in [5.41, 5.74) is 3.51. The van der Waals surface area contributed by atoms with Crippen molar-refractivity contribution in [3.63, 3.8) is 0 Å². The van der Waals surface area contributed by atoms with Gasteiger partial charge >= 0.3 is 11.6 Å². The molecule has 7 heteroatoms. The van der Waals surface area contributed by atoms with Crippen molar-refractivity contribution in [1.29, 1.82) is 0 Å². The largest absolute Gasteiger partial charge is 0.477 e. The van der Waals surface area contributed by atoms with E-state index >= 15 is 0 Å². The van der Waals surface area contributed by atoms with Crippen LogP contribution in [-0.2, 0) is 29.0 Å². The molecular formula is C25H26FNO5. The second kappa shape index (κ2) is 9.12. The van der Waals surface area contributed by atoms with Crippen LogP contribution in [0.3, 0.4) is 0 Å². The second-order valence-corrected chi connectivity index (χ2v) is 8.39. The van der Waals surface area contributed by atoms with E-state index < -0.39 is 5.63 Å². The minimum Gasteiger partial charge on any atom is -0.477 e. The number of carbonyl (C=O) groups excluding carboxylic acids is 1. The molecule has 2 aromatic carbocycles. The molecule has 32 heavy (non-hydrogen) atoms. The van der Waals surface area contributed by atoms with Crippen molar-refractivity contribution in [2.45, 2.75) is 52.8 Å². The third kappa shape index (κ3) is 4.83. The van der Waals surface area contributed by atoms with Gasteiger partial charge in [0.15, 0.2) is 0 Å². The zero-order chi connectivity index (χ0) is 22.8. The molecule has 3 aromatic rings. The number of aryl methyl sites for hydroxylation is 2. The number of rotatable bonds is 6. The molecule has 2 heterocycles. The summed E-state index contributed by atoms with van der Waals surface area (Å²) in [6, 6.07) is 9.74. The Morgan fingerprint density at radius 2 is 1.97 bits per heavy atom. The van der Waals surface area contributed by atoms with Crippen LogP contribution >= 0.6 is 0 Å². The predicted octanol–water partition coefficient (Wildman–Crippen LogP) is 4.48. The molecule has 0 saturated carbocycles. The minimum absolute atomic E-state index is 0.166. The summed E-state index contributed by atoms with van der Waals surface area (Å²) in [5.74, 6) is 0.107. The van der Waals surface area contributed by atoms with Crippen molar-refractivity contribution in [2.24, 2.45) is 0 Å². The van der Waals surface area contributed by atoms with Gasteiger partial charge < -0.3 is 13.9 Å². The fraction of sp³-hybridized carbons (Fsp3) is 0.360. The highest BCUT2D eigenvalue weighted by Gasteiger charge is 2.26. The topological polar surface area (TPSA) is 69.0 Å². The van der Waals surface area contributed by atoms with Gasteiger partial charge in [0.05, 0.1) is 11.7 Å². The first-order valence-electron chi connectivity index (χ1n) is 10.7. The van der Waals surface area contributed by atoms with E-state index in [0.717, 1.165) is 27.6 Å². The Morgan fingerprint density at radius 1 is 1.22 bits per heavy atom. The smallest absolute Gasteiger partial charge is 0.336 e. The van der Waals surface area contributed by atoms with Crippen molar-refractivity contribution in [1.82, 2.24) is 4.90 Å². The van der Waals surface area contributed by atoms with E-state index in [1.54, 1.807) is 12.1 Å². The van der Waals surface area contributed by atoms with Crippen LogP contribution in [0, 0.1) is 12.7 Å². The summed E-state index contributed by atoms with van der Waals surface area (Å²) in [5, 5.41) is 0.822. The Morgan fingerprint density at radius 3 is 2.69 bits per heavy atom. The first-order valence-corrected chi connectivity index (χ1v) is 10.7. The third-order valence-corrected chi connectivity index (χ3v) is 5.42. The molecule has 0 amide bonds. The van der Waals surface area contributed by atoms with Gasteiger partial charge in [0, 0.05) is 31.0 Å². The van der Waals surface area contributed by atoms with Gasteiger partial charge in [-0.15, -0.1) is 0 Å². The fourth-order valence-electron chi connectivity index (χ4n) is 4.00. The maximum absolute atomic E-state index is 13.2. The molecule has 1 aromatic heterocycles. The second-order valence-electron chi connectivity index (χ2n) is 8.39. The van der Waals surface area contributed by atoms with Crippen molar-refractivity contribution < 1.29 is 23.1 Å². The predicted molar refractivity (Wildman–Crippen MR) is 118 cm³/mol. The van der Waals surface area contributed by atoms with Crippen molar-refractivity contribution in [3.05, 3.63) is 74.9 Å². The number of benzene rings is 2. The molecule has 0 bridgehead atoms. The first-order chi connectivity index (χ1) is 15.3. The van der Waals surface area contributed by atoms with E-state index in [0.29, 0.717) is 37.6 Å². The molecule has 6 nitrogen and oxygen atoms in total. The molecule has 4 rings (SSSR count). The number of esters is 1. The van der Waals surface area contributed by atoms with Crippen LogP contribution in [0.4, 0.5) is 4.39 Å². The molecule has 0 fully saturated rings. The fourth-order valence-corrected chi connectivity index (χ4v) is 4.00. The van der Waals surface area contributed by atoms with Gasteiger partial charge in [-0.05, 0) is 62.1 Å². The van der Waals surface area contributed by atoms with Gasteiger partial charge in [-0.2, -0.15) is 0 Å². The van der Waals surface area contributed by atoms with Crippen LogP contribution in [0.25, 0.3) is 11.0 Å². The standard InChI is InChI=1S/C25H26FNO5/c1-15(2)31-22(28)9-6-18-11-20-16(3)10-23(29)32-25(20)21-13-27(14-30-24(18)21)12-17-4-7-19(26)8-5-17/h4-5,7-8,10-11,15H,6,9,12-14H2,1-3H3. The van der Waals surface area contributed by atoms with E-state index in [4.69, 9.17) is 13.9 Å². The molecule has 168 valence electrons. The maximum atomic E-state index is 13.2. The molecule has 0 saturated heterocycles. The van der Waals surface area contributed by atoms with Crippen LogP contribution < -0.4 is 10.4 Å². The maximum Gasteiger partial charge on any atom is 0.336 e. The average molecular weight is 439 g/mol. The van der Waals surface area contributed by atoms with Crippen molar-refractivity contribution in [2.75, 3.05) is 6.73 Å². The Hall–Kier alpha value is -3.19. The Labute approximate surface area is 185 Å². The number of hydrogen-bond donors (Lipinski definition) is 0. The molecule has 0 atom stereocenters. The Balaban J connectivity index is 1.68. The summed E-state index contributed by atoms with van der Waals surface area (Å²) in [6.45, 7) is 6.89. The number of carbonyl (C=O) groups is 1. The number of halogens is 1. The monoisotopic (exact) mass is 439 g/mol. The summed E-state index contributed by atoms with van der Waals surface area (Å²) in [6.07, 6.45) is 0.524. The molecule has 1 aliphatic heterocycles. The van der Waals surface area contributed by atoms with Crippen molar-refractivity contribution >= 4 is 16.9 Å². The first kappa shape index (κ1) is 22.0. The SMILES string of the molecule is Cc1cc(=O)oc2c3c(c(CCC(=O)OC(C)C)cc12)OCN(Cc1ccc(F)cc1)C3. The Bertz CT molecular complexity index is 1200. The lowest BCUT2D eigenvalue weighted by Crippen LogP contribution is -2.32. The van der Waals surface area contributed by atoms with Gasteiger partial charge in [0.1, 0.15) is 23.9 Å². The molecular weight excluding hydrogens is 413 g/mol. The summed E-state index contributed by atoms with van der Waals surface area (Å²) in [7, 11) is 0. The van der Waals surface area contributed by atoms with Crippen LogP contribution in [-0.4, -0.2) is 23.7 Å². The quantitative estimate of drug-likeness (QED) is 0.417. The van der Waals surface area contributed by atoms with E-state index in [1.807, 2.05) is 31.7 Å². The zero-order valence-corrected chi connectivity index (χ0v) is 18.4. The lowest BCUT2D eigenvalue weighted by atomic mass is 9.97. The molecule has 0 radical (unpaired) electrons. The molecule has 0 spiro atoms. The van der Waals surface area contributed by atoms with E-state index in [9.17, 15) is 14.0 Å². The van der Waals surface area contributed by atoms with Crippen LogP contribution in [0.2, 0.25) is 0 Å². The lowest BCUT2D eigenvalue weighted by Gasteiger charge is -2.31. The van der Waals surface area contributed by atoms with E-state index in [1.165, 1.54) is 18.2 Å². The molecule has 1 aliphatic rings. The van der Waals surface area contributed by atoms with Crippen molar-refractivity contribution in [3.8, 4) is 5.75 Å². The van der Waals surface area contributed by atoms with Crippen LogP contribution in [0.15, 0.2) is 45.6 Å². The minimum atomic E-state index is -0.416. The summed E-state index contributed by atoms with van der Waals surface area (Å²) < 4.78 is 30.2. The highest BCUT2D eigenvalue weighted by molar-refractivity contribution is 5.86. The Kier molecular flexibility index (Phi) is 6.28. The average Bonchev–Trinajstić information content (AvgIpc) is 2.73. The number of fused-ring (bicyclic) bond motifs is 3. The van der Waals surface area contributed by atoms with Gasteiger partial charge in [-0.1, -0.05) is 12.1 Å². The van der Waals surface area contributed by atoms with E-state index in [2.05, 4.69) is 0 Å². The highest BCUT2D eigenvalue weighted by Crippen LogP contribution is 2.37. The summed E-state index contributed by atoms with van der Waals surface area (Å²) >= 11 is 0. The molecule has 0 N–H and O–H groups in total. The van der Waals surface area contributed by atoms with Gasteiger partial charge in [0.25, 0.3) is 0 Å². The third-order valence-electron chi connectivity index (χ3n) is 5.42. The summed E-state index contributed by atoms with van der Waals surface area (Å²) in [4.78, 5) is 26.2. The van der Waals surface area contributed by atoms with Gasteiger partial charge in [-0.3, -0.25) is 9.69 Å². The zero-order valence-electron chi connectivity index (χ0n) is 18.4. The van der Waals surface area contributed by atoms with Gasteiger partial charge in [-0.25, -0.2) is 9.18 Å². The number of hydrogen-bond acceptors (Lipinski definition) is 6. The highest BCUT2D eigenvalue weighted by atomic mass is 19.1. The molecule has 0 aliphatic carbocycles. The van der Waals surface area contributed by atoms with Gasteiger partial charge in [0.2, 0.25) is 0 Å².